The smallest absolute Gasteiger partial charge is 0.243 e. The third kappa shape index (κ3) is 8.28. The molecular weight excluding hydrogens is 528 g/mol. The normalized spacial score (nSPS) is 24.4. The number of epoxide rings is 1. The number of carbonyl (C=O) groups excluding carboxylic acids is 5. The first-order valence-electron chi connectivity index (χ1n) is 14.6. The van der Waals surface area contributed by atoms with Crippen molar-refractivity contribution in [2.24, 2.45) is 11.8 Å². The lowest BCUT2D eigenvalue weighted by Crippen LogP contribution is -2.57. The van der Waals surface area contributed by atoms with Gasteiger partial charge in [0.1, 0.15) is 23.4 Å². The molecule has 1 saturated carbocycles. The van der Waals surface area contributed by atoms with E-state index in [2.05, 4.69) is 21.3 Å². The van der Waals surface area contributed by atoms with Gasteiger partial charge in [-0.2, -0.15) is 0 Å². The van der Waals surface area contributed by atoms with Crippen molar-refractivity contribution in [3.05, 3.63) is 29.8 Å². The Balaban J connectivity index is 1.45. The SMILES string of the molecule is COc1ccc(C[C@H](NC(=O)[C@@H](C)NC(=O)[C@H]2CCC(=O)NC2)C(=O)N[C@@H](CC2CCCC2)C(=O)[C@]2(C)CO2)cc1. The minimum Gasteiger partial charge on any atom is -0.497 e. The van der Waals surface area contributed by atoms with Gasteiger partial charge in [-0.25, -0.2) is 0 Å². The molecule has 224 valence electrons. The molecule has 11 heteroatoms. The van der Waals surface area contributed by atoms with E-state index in [0.29, 0.717) is 31.1 Å². The first kappa shape index (κ1) is 30.5. The van der Waals surface area contributed by atoms with Crippen LogP contribution in [0.3, 0.4) is 0 Å². The molecule has 1 aromatic carbocycles. The molecule has 1 aromatic rings. The Hall–Kier alpha value is -3.47. The molecule has 0 spiro atoms. The second-order valence-corrected chi connectivity index (χ2v) is 11.7. The molecule has 0 aromatic heterocycles. The van der Waals surface area contributed by atoms with Crippen LogP contribution >= 0.6 is 0 Å². The Morgan fingerprint density at radius 3 is 2.27 bits per heavy atom. The predicted molar refractivity (Wildman–Crippen MR) is 150 cm³/mol. The number of methoxy groups -OCH3 is 1. The maximum atomic E-state index is 13.7. The standard InChI is InChI=1S/C30H42N4O7/c1-18(32-28(38)21-10-13-25(35)31-16-21)27(37)34-24(15-20-8-11-22(40-3)12-9-20)29(39)33-23(14-19-6-4-5-7-19)26(36)30(2)17-41-30/h8-9,11-12,18-19,21,23-24H,4-7,10,13-17H2,1-3H3,(H,31,35)(H,32,38)(H,33,39)(H,34,37)/t18-,21+,23+,24+,30+/m1/s1. The fourth-order valence-corrected chi connectivity index (χ4v) is 5.56. The Bertz CT molecular complexity index is 1120. The van der Waals surface area contributed by atoms with Crippen LogP contribution in [0.1, 0.15) is 64.4 Å². The number of hydrogen-bond donors (Lipinski definition) is 4. The lowest BCUT2D eigenvalue weighted by Gasteiger charge is -2.27. The summed E-state index contributed by atoms with van der Waals surface area (Å²) in [4.78, 5) is 64.3. The van der Waals surface area contributed by atoms with E-state index >= 15 is 0 Å². The van der Waals surface area contributed by atoms with Crippen LogP contribution in [-0.4, -0.2) is 73.4 Å². The van der Waals surface area contributed by atoms with Crippen molar-refractivity contribution >= 4 is 29.4 Å². The van der Waals surface area contributed by atoms with Gasteiger partial charge in [-0.3, -0.25) is 24.0 Å². The van der Waals surface area contributed by atoms with Crippen molar-refractivity contribution in [1.82, 2.24) is 21.3 Å². The number of rotatable bonds is 13. The van der Waals surface area contributed by atoms with Crippen molar-refractivity contribution in [2.75, 3.05) is 20.3 Å². The van der Waals surface area contributed by atoms with E-state index in [1.165, 1.54) is 0 Å². The number of benzene rings is 1. The molecule has 4 rings (SSSR count). The molecular formula is C30H42N4O7. The number of Topliss-reactive ketones (excluding diaryl/α,β-unsaturated/α-hetero) is 1. The molecule has 11 nitrogen and oxygen atoms in total. The van der Waals surface area contributed by atoms with E-state index in [9.17, 15) is 24.0 Å². The van der Waals surface area contributed by atoms with Gasteiger partial charge in [-0.15, -0.1) is 0 Å². The zero-order chi connectivity index (χ0) is 29.6. The minimum absolute atomic E-state index is 0.0980. The third-order valence-electron chi connectivity index (χ3n) is 8.40. The number of piperidine rings is 1. The summed E-state index contributed by atoms with van der Waals surface area (Å²) < 4.78 is 10.6. The predicted octanol–water partition coefficient (Wildman–Crippen LogP) is 1.18. The Morgan fingerprint density at radius 1 is 1.02 bits per heavy atom. The maximum absolute atomic E-state index is 13.7. The van der Waals surface area contributed by atoms with Gasteiger partial charge in [-0.1, -0.05) is 37.8 Å². The molecule has 4 amide bonds. The zero-order valence-corrected chi connectivity index (χ0v) is 24.1. The second kappa shape index (κ2) is 13.5. The van der Waals surface area contributed by atoms with Gasteiger partial charge in [0.2, 0.25) is 23.6 Å². The number of carbonyl (C=O) groups is 5. The average Bonchev–Trinajstić information content (AvgIpc) is 3.50. The van der Waals surface area contributed by atoms with Crippen molar-refractivity contribution in [3.63, 3.8) is 0 Å². The number of ether oxygens (including phenoxy) is 2. The quantitative estimate of drug-likeness (QED) is 0.260. The van der Waals surface area contributed by atoms with Crippen molar-refractivity contribution in [3.8, 4) is 5.75 Å². The van der Waals surface area contributed by atoms with E-state index < -0.39 is 41.5 Å². The van der Waals surface area contributed by atoms with Gasteiger partial charge in [0.25, 0.3) is 0 Å². The Morgan fingerprint density at radius 2 is 1.68 bits per heavy atom. The van der Waals surface area contributed by atoms with Crippen molar-refractivity contribution < 1.29 is 33.4 Å². The van der Waals surface area contributed by atoms with Crippen LogP contribution in [0.15, 0.2) is 24.3 Å². The monoisotopic (exact) mass is 570 g/mol. The molecule has 1 aliphatic carbocycles. The molecule has 0 radical (unpaired) electrons. The summed E-state index contributed by atoms with van der Waals surface area (Å²) in [6.45, 7) is 3.84. The van der Waals surface area contributed by atoms with Crippen molar-refractivity contribution in [1.29, 1.82) is 0 Å². The highest BCUT2D eigenvalue weighted by molar-refractivity contribution is 5.98. The lowest BCUT2D eigenvalue weighted by atomic mass is 9.90. The summed E-state index contributed by atoms with van der Waals surface area (Å²) in [5, 5.41) is 11.1. The van der Waals surface area contributed by atoms with E-state index in [1.807, 2.05) is 12.1 Å². The first-order chi connectivity index (χ1) is 19.6. The summed E-state index contributed by atoms with van der Waals surface area (Å²) in [5.74, 6) is -0.980. The van der Waals surface area contributed by atoms with Crippen LogP contribution in [0.2, 0.25) is 0 Å². The van der Waals surface area contributed by atoms with E-state index in [-0.39, 0.29) is 37.0 Å². The largest absolute Gasteiger partial charge is 0.497 e. The summed E-state index contributed by atoms with van der Waals surface area (Å²) >= 11 is 0. The van der Waals surface area contributed by atoms with Crippen LogP contribution < -0.4 is 26.0 Å². The zero-order valence-electron chi connectivity index (χ0n) is 24.1. The first-order valence-corrected chi connectivity index (χ1v) is 14.6. The van der Waals surface area contributed by atoms with Crippen molar-refractivity contribution in [2.45, 2.75) is 88.9 Å². The van der Waals surface area contributed by atoms with Crippen LogP contribution in [-0.2, 0) is 35.1 Å². The fraction of sp³-hybridized carbons (Fsp3) is 0.633. The van der Waals surface area contributed by atoms with Gasteiger partial charge < -0.3 is 30.7 Å². The van der Waals surface area contributed by atoms with Gasteiger partial charge in [0.05, 0.1) is 25.7 Å². The number of amides is 4. The molecule has 41 heavy (non-hydrogen) atoms. The van der Waals surface area contributed by atoms with Crippen LogP contribution in [0, 0.1) is 11.8 Å². The maximum Gasteiger partial charge on any atom is 0.243 e. The van der Waals surface area contributed by atoms with E-state index in [1.54, 1.807) is 33.1 Å². The minimum atomic E-state index is -0.990. The van der Waals surface area contributed by atoms with Gasteiger partial charge in [0, 0.05) is 19.4 Å². The molecule has 2 aliphatic heterocycles. The summed E-state index contributed by atoms with van der Waals surface area (Å²) in [5.41, 5.74) is -0.0973. The summed E-state index contributed by atoms with van der Waals surface area (Å²) in [6, 6.07) is 4.55. The highest BCUT2D eigenvalue weighted by Gasteiger charge is 2.50. The molecule has 2 saturated heterocycles. The number of ketones is 1. The van der Waals surface area contributed by atoms with Crippen LogP contribution in [0.4, 0.5) is 0 Å². The second-order valence-electron chi connectivity index (χ2n) is 11.7. The molecule has 3 aliphatic rings. The number of nitrogens with one attached hydrogen (secondary N) is 4. The van der Waals surface area contributed by atoms with E-state index in [0.717, 1.165) is 31.2 Å². The summed E-state index contributed by atoms with van der Waals surface area (Å²) in [7, 11) is 1.56. The fourth-order valence-electron chi connectivity index (χ4n) is 5.56. The highest BCUT2D eigenvalue weighted by atomic mass is 16.6. The third-order valence-corrected chi connectivity index (χ3v) is 8.40. The molecule has 3 fully saturated rings. The van der Waals surface area contributed by atoms with Gasteiger partial charge in [-0.05, 0) is 50.3 Å². The highest BCUT2D eigenvalue weighted by Crippen LogP contribution is 2.33. The van der Waals surface area contributed by atoms with Crippen LogP contribution in [0.5, 0.6) is 5.75 Å². The average molecular weight is 571 g/mol. The topological polar surface area (TPSA) is 155 Å². The van der Waals surface area contributed by atoms with E-state index in [4.69, 9.17) is 9.47 Å². The molecule has 5 atom stereocenters. The van der Waals surface area contributed by atoms with Crippen LogP contribution in [0.25, 0.3) is 0 Å². The summed E-state index contributed by atoms with van der Waals surface area (Å²) in [6.07, 6.45) is 5.64. The van der Waals surface area contributed by atoms with Gasteiger partial charge >= 0.3 is 0 Å². The van der Waals surface area contributed by atoms with Gasteiger partial charge in [0.15, 0.2) is 5.78 Å². The Labute approximate surface area is 240 Å². The Kier molecular flexibility index (Phi) is 10.0. The molecule has 0 bridgehead atoms. The molecule has 0 unspecified atom stereocenters. The number of hydrogen-bond acceptors (Lipinski definition) is 7. The molecule has 2 heterocycles. The lowest BCUT2D eigenvalue weighted by molar-refractivity contribution is -0.135. The molecule has 4 N–H and O–H groups in total.